The lowest BCUT2D eigenvalue weighted by molar-refractivity contribution is -0.137. The van der Waals surface area contributed by atoms with Crippen LogP contribution in [0.1, 0.15) is 28.4 Å². The molecule has 0 aromatic heterocycles. The van der Waals surface area contributed by atoms with Crippen LogP contribution >= 0.6 is 11.6 Å². The van der Waals surface area contributed by atoms with Crippen molar-refractivity contribution in [3.63, 3.8) is 0 Å². The molecule has 10 heteroatoms. The minimum atomic E-state index is -4.52. The zero-order chi connectivity index (χ0) is 24.9. The van der Waals surface area contributed by atoms with E-state index >= 15 is 0 Å². The molecule has 182 valence electrons. The molecule has 0 radical (unpaired) electrons. The van der Waals surface area contributed by atoms with Crippen molar-refractivity contribution >= 4 is 29.5 Å². The van der Waals surface area contributed by atoms with Gasteiger partial charge in [-0.15, -0.1) is 0 Å². The number of halogens is 4. The summed E-state index contributed by atoms with van der Waals surface area (Å²) in [6, 6.07) is 7.69. The van der Waals surface area contributed by atoms with E-state index in [-0.39, 0.29) is 37.6 Å². The second-order valence-corrected chi connectivity index (χ2v) is 7.90. The fraction of sp³-hybridized carbons (Fsp3) is 0.333. The first-order valence-electron chi connectivity index (χ1n) is 10.6. The van der Waals surface area contributed by atoms with Crippen molar-refractivity contribution in [1.82, 2.24) is 9.80 Å². The van der Waals surface area contributed by atoms with Crippen molar-refractivity contribution in [1.29, 1.82) is 0 Å². The number of methoxy groups -OCH3 is 1. The van der Waals surface area contributed by atoms with Crippen LogP contribution in [0.5, 0.6) is 11.5 Å². The van der Waals surface area contributed by atoms with E-state index in [2.05, 4.69) is 0 Å². The van der Waals surface area contributed by atoms with Crippen LogP contribution in [-0.2, 0) is 11.0 Å². The Labute approximate surface area is 200 Å². The van der Waals surface area contributed by atoms with Crippen LogP contribution in [-0.4, -0.2) is 61.5 Å². The lowest BCUT2D eigenvalue weighted by Crippen LogP contribution is -2.50. The Morgan fingerprint density at radius 2 is 1.76 bits per heavy atom. The first kappa shape index (κ1) is 25.4. The zero-order valence-electron chi connectivity index (χ0n) is 18.7. The summed E-state index contributed by atoms with van der Waals surface area (Å²) in [5, 5.41) is 0.356. The number of nitrogens with zero attached hydrogens (tertiary/aromatic N) is 2. The topological polar surface area (TPSA) is 59.1 Å². The number of ether oxygens (including phenoxy) is 2. The molecule has 3 rings (SSSR count). The Bertz CT molecular complexity index is 1080. The SMILES string of the molecule is CCOc1c(Cl)cc(/C=C/C(=O)N2CCN(C(=O)c3cccc(C(F)(F)F)c3)CC2)cc1OC. The largest absolute Gasteiger partial charge is 0.493 e. The predicted molar refractivity (Wildman–Crippen MR) is 122 cm³/mol. The number of hydrogen-bond acceptors (Lipinski definition) is 4. The number of alkyl halides is 3. The van der Waals surface area contributed by atoms with E-state index in [4.69, 9.17) is 21.1 Å². The molecule has 34 heavy (non-hydrogen) atoms. The van der Waals surface area contributed by atoms with Crippen LogP contribution in [0, 0.1) is 0 Å². The van der Waals surface area contributed by atoms with Crippen molar-refractivity contribution in [2.45, 2.75) is 13.1 Å². The van der Waals surface area contributed by atoms with Crippen molar-refractivity contribution in [2.24, 2.45) is 0 Å². The van der Waals surface area contributed by atoms with Gasteiger partial charge < -0.3 is 19.3 Å². The van der Waals surface area contributed by atoms with Crippen LogP contribution in [0.4, 0.5) is 13.2 Å². The number of amides is 2. The Morgan fingerprint density at radius 3 is 2.38 bits per heavy atom. The van der Waals surface area contributed by atoms with Gasteiger partial charge in [-0.2, -0.15) is 13.2 Å². The third-order valence-corrected chi connectivity index (χ3v) is 5.55. The molecule has 0 N–H and O–H groups in total. The molecule has 0 saturated carbocycles. The van der Waals surface area contributed by atoms with Crippen LogP contribution in [0.25, 0.3) is 6.08 Å². The Hall–Kier alpha value is -3.20. The summed E-state index contributed by atoms with van der Waals surface area (Å²) < 4.78 is 49.6. The third kappa shape index (κ3) is 6.02. The Morgan fingerprint density at radius 1 is 1.09 bits per heavy atom. The standard InChI is InChI=1S/C24H24ClF3N2O4/c1-3-34-22-19(25)13-16(14-20(22)33-2)7-8-21(31)29-9-11-30(12-10-29)23(32)17-5-4-6-18(15-17)24(26,27)28/h4-8,13-15H,3,9-12H2,1-2H3/b8-7+. The van der Waals surface area contributed by atoms with Gasteiger partial charge in [0.1, 0.15) is 0 Å². The molecule has 1 heterocycles. The Balaban J connectivity index is 1.61. The highest BCUT2D eigenvalue weighted by molar-refractivity contribution is 6.32. The summed E-state index contributed by atoms with van der Waals surface area (Å²) in [4.78, 5) is 28.3. The average molecular weight is 497 g/mol. The summed E-state index contributed by atoms with van der Waals surface area (Å²) >= 11 is 6.25. The molecule has 0 spiro atoms. The summed E-state index contributed by atoms with van der Waals surface area (Å²) in [5.41, 5.74) is -0.254. The molecule has 1 fully saturated rings. The van der Waals surface area contributed by atoms with Crippen LogP contribution in [0.15, 0.2) is 42.5 Å². The van der Waals surface area contributed by atoms with E-state index in [9.17, 15) is 22.8 Å². The van der Waals surface area contributed by atoms with Gasteiger partial charge in [-0.25, -0.2) is 0 Å². The summed E-state index contributed by atoms with van der Waals surface area (Å²) in [5.74, 6) is 0.125. The van der Waals surface area contributed by atoms with E-state index < -0.39 is 17.6 Å². The molecule has 2 aromatic carbocycles. The summed E-state index contributed by atoms with van der Waals surface area (Å²) in [6.07, 6.45) is -1.52. The summed E-state index contributed by atoms with van der Waals surface area (Å²) in [7, 11) is 1.49. The van der Waals surface area contributed by atoms with Gasteiger partial charge in [0, 0.05) is 37.8 Å². The predicted octanol–water partition coefficient (Wildman–Crippen LogP) is 4.76. The molecule has 6 nitrogen and oxygen atoms in total. The molecule has 1 aliphatic heterocycles. The molecule has 1 saturated heterocycles. The third-order valence-electron chi connectivity index (χ3n) is 5.27. The second kappa shape index (κ2) is 10.8. The molecule has 0 bridgehead atoms. The van der Waals surface area contributed by atoms with Gasteiger partial charge in [0.2, 0.25) is 5.91 Å². The highest BCUT2D eigenvalue weighted by Gasteiger charge is 2.32. The van der Waals surface area contributed by atoms with E-state index in [0.29, 0.717) is 28.7 Å². The van der Waals surface area contributed by atoms with Gasteiger partial charge in [-0.05, 0) is 48.9 Å². The fourth-order valence-corrected chi connectivity index (χ4v) is 3.81. The van der Waals surface area contributed by atoms with Gasteiger partial charge in [-0.1, -0.05) is 17.7 Å². The number of carbonyl (C=O) groups is 2. The van der Waals surface area contributed by atoms with Crippen LogP contribution in [0.2, 0.25) is 5.02 Å². The monoisotopic (exact) mass is 496 g/mol. The minimum Gasteiger partial charge on any atom is -0.493 e. The number of rotatable bonds is 6. The van der Waals surface area contributed by atoms with Crippen molar-refractivity contribution in [2.75, 3.05) is 39.9 Å². The Kier molecular flexibility index (Phi) is 8.09. The average Bonchev–Trinajstić information content (AvgIpc) is 2.83. The van der Waals surface area contributed by atoms with Gasteiger partial charge in [0.15, 0.2) is 11.5 Å². The molecule has 1 aliphatic rings. The fourth-order valence-electron chi connectivity index (χ4n) is 3.53. The van der Waals surface area contributed by atoms with Gasteiger partial charge in [0.25, 0.3) is 5.91 Å². The lowest BCUT2D eigenvalue weighted by Gasteiger charge is -2.34. The number of carbonyl (C=O) groups excluding carboxylic acids is 2. The normalized spacial score (nSPS) is 14.4. The first-order chi connectivity index (χ1) is 16.1. The van der Waals surface area contributed by atoms with Crippen molar-refractivity contribution in [3.8, 4) is 11.5 Å². The smallest absolute Gasteiger partial charge is 0.416 e. The van der Waals surface area contributed by atoms with E-state index in [1.165, 1.54) is 30.2 Å². The summed E-state index contributed by atoms with van der Waals surface area (Å²) in [6.45, 7) is 3.22. The maximum absolute atomic E-state index is 12.9. The first-order valence-corrected chi connectivity index (χ1v) is 11.0. The number of hydrogen-bond donors (Lipinski definition) is 0. The van der Waals surface area contributed by atoms with Crippen LogP contribution in [0.3, 0.4) is 0 Å². The quantitative estimate of drug-likeness (QED) is 0.541. The molecule has 2 amide bonds. The van der Waals surface area contributed by atoms with Gasteiger partial charge >= 0.3 is 6.18 Å². The van der Waals surface area contributed by atoms with Gasteiger partial charge in [0.05, 0.1) is 24.3 Å². The van der Waals surface area contributed by atoms with E-state index in [1.807, 2.05) is 6.92 Å². The van der Waals surface area contributed by atoms with Crippen molar-refractivity contribution in [3.05, 3.63) is 64.2 Å². The maximum Gasteiger partial charge on any atom is 0.416 e. The molecular weight excluding hydrogens is 473 g/mol. The highest BCUT2D eigenvalue weighted by atomic mass is 35.5. The molecule has 0 atom stereocenters. The maximum atomic E-state index is 12.9. The number of piperazine rings is 1. The minimum absolute atomic E-state index is 0.0316. The molecule has 2 aromatic rings. The molecule has 0 aliphatic carbocycles. The van der Waals surface area contributed by atoms with E-state index in [0.717, 1.165) is 12.1 Å². The number of benzene rings is 2. The molecular formula is C24H24ClF3N2O4. The van der Waals surface area contributed by atoms with Gasteiger partial charge in [-0.3, -0.25) is 9.59 Å². The second-order valence-electron chi connectivity index (χ2n) is 7.50. The zero-order valence-corrected chi connectivity index (χ0v) is 19.4. The van der Waals surface area contributed by atoms with E-state index in [1.54, 1.807) is 23.1 Å². The lowest BCUT2D eigenvalue weighted by atomic mass is 10.1. The van der Waals surface area contributed by atoms with Crippen molar-refractivity contribution < 1.29 is 32.2 Å². The molecule has 0 unspecified atom stereocenters. The highest BCUT2D eigenvalue weighted by Crippen LogP contribution is 2.36. The van der Waals surface area contributed by atoms with Crippen LogP contribution < -0.4 is 9.47 Å².